The maximum atomic E-state index is 2.53. The fraction of sp³-hybridized carbons (Fsp3) is 0.619. The quantitative estimate of drug-likeness (QED) is 0.517. The molecular formula is C21H36N2. The molecule has 0 radical (unpaired) electrons. The van der Waals surface area contributed by atoms with Gasteiger partial charge in [-0.2, -0.15) is 0 Å². The molecule has 0 aliphatic carbocycles. The number of para-hydroxylation sites is 1. The highest BCUT2D eigenvalue weighted by Crippen LogP contribution is 2.17. The van der Waals surface area contributed by atoms with Gasteiger partial charge in [0.05, 0.1) is 0 Å². The maximum Gasteiger partial charge on any atom is 0.0366 e. The predicted octanol–water partition coefficient (Wildman–Crippen LogP) is 5.22. The van der Waals surface area contributed by atoms with Crippen molar-refractivity contribution in [2.45, 2.75) is 46.5 Å². The van der Waals surface area contributed by atoms with Gasteiger partial charge in [-0.15, -0.1) is 0 Å². The highest BCUT2D eigenvalue weighted by molar-refractivity contribution is 5.45. The summed E-state index contributed by atoms with van der Waals surface area (Å²) in [5.74, 6) is 0.817. The number of hydrogen-bond donors (Lipinski definition) is 0. The van der Waals surface area contributed by atoms with Crippen LogP contribution < -0.4 is 4.90 Å². The first kappa shape index (κ1) is 19.8. The van der Waals surface area contributed by atoms with E-state index in [9.17, 15) is 0 Å². The van der Waals surface area contributed by atoms with Gasteiger partial charge in [0.15, 0.2) is 0 Å². The molecule has 0 spiro atoms. The van der Waals surface area contributed by atoms with Gasteiger partial charge in [-0.3, -0.25) is 0 Å². The third-order valence-electron chi connectivity index (χ3n) is 4.28. The van der Waals surface area contributed by atoms with Crippen molar-refractivity contribution in [2.24, 2.45) is 5.92 Å². The molecule has 1 unspecified atom stereocenters. The van der Waals surface area contributed by atoms with Crippen LogP contribution in [0.1, 0.15) is 46.5 Å². The van der Waals surface area contributed by atoms with Crippen molar-refractivity contribution in [1.82, 2.24) is 4.90 Å². The van der Waals surface area contributed by atoms with E-state index in [2.05, 4.69) is 81.1 Å². The van der Waals surface area contributed by atoms with Crippen LogP contribution in [-0.4, -0.2) is 38.6 Å². The maximum absolute atomic E-state index is 2.53. The largest absolute Gasteiger partial charge is 0.370 e. The van der Waals surface area contributed by atoms with E-state index < -0.39 is 0 Å². The van der Waals surface area contributed by atoms with Crippen LogP contribution in [0.3, 0.4) is 0 Å². The van der Waals surface area contributed by atoms with E-state index in [-0.39, 0.29) is 0 Å². The summed E-state index contributed by atoms with van der Waals surface area (Å²) in [7, 11) is 4.29. The number of allylic oxidation sites excluding steroid dienone is 2. The Balaban J connectivity index is 2.40. The van der Waals surface area contributed by atoms with Gasteiger partial charge in [0.2, 0.25) is 0 Å². The number of anilines is 1. The molecule has 23 heavy (non-hydrogen) atoms. The van der Waals surface area contributed by atoms with Crippen LogP contribution in [0.4, 0.5) is 5.69 Å². The molecule has 2 heteroatoms. The lowest BCUT2D eigenvalue weighted by atomic mass is 9.99. The van der Waals surface area contributed by atoms with Crippen LogP contribution in [0, 0.1) is 5.92 Å². The van der Waals surface area contributed by atoms with Gasteiger partial charge in [0.25, 0.3) is 0 Å². The average Bonchev–Trinajstić information content (AvgIpc) is 2.51. The molecule has 0 aromatic heterocycles. The molecule has 1 aromatic carbocycles. The second-order valence-corrected chi connectivity index (χ2v) is 7.23. The minimum Gasteiger partial charge on any atom is -0.370 e. The average molecular weight is 317 g/mol. The molecular weight excluding hydrogens is 280 g/mol. The molecule has 0 heterocycles. The Morgan fingerprint density at radius 3 is 2.30 bits per heavy atom. The SMILES string of the molecule is CC(C)=CCCC(C)CCCN(CCN(C)C)c1ccccc1. The lowest BCUT2D eigenvalue weighted by molar-refractivity contribution is 0.409. The van der Waals surface area contributed by atoms with Gasteiger partial charge in [0.1, 0.15) is 0 Å². The van der Waals surface area contributed by atoms with Gasteiger partial charge in [-0.25, -0.2) is 0 Å². The molecule has 1 aromatic rings. The molecule has 130 valence electrons. The van der Waals surface area contributed by atoms with E-state index in [0.29, 0.717) is 0 Å². The number of hydrogen-bond acceptors (Lipinski definition) is 2. The Morgan fingerprint density at radius 2 is 1.70 bits per heavy atom. The number of benzene rings is 1. The standard InChI is InChI=1S/C21H36N2/c1-19(2)11-9-12-20(3)13-10-16-23(18-17-22(4)5)21-14-7-6-8-15-21/h6-8,11,14-15,20H,9-10,12-13,16-18H2,1-5H3. The second kappa shape index (κ2) is 11.3. The molecule has 0 aliphatic heterocycles. The van der Waals surface area contributed by atoms with E-state index >= 15 is 0 Å². The normalized spacial score (nSPS) is 12.3. The monoisotopic (exact) mass is 316 g/mol. The molecule has 0 saturated carbocycles. The Hall–Kier alpha value is -1.28. The van der Waals surface area contributed by atoms with Crippen LogP contribution in [0.15, 0.2) is 42.0 Å². The van der Waals surface area contributed by atoms with Crippen molar-refractivity contribution in [3.8, 4) is 0 Å². The van der Waals surface area contributed by atoms with Crippen LogP contribution >= 0.6 is 0 Å². The molecule has 0 amide bonds. The van der Waals surface area contributed by atoms with Gasteiger partial charge in [-0.1, -0.05) is 36.8 Å². The number of rotatable bonds is 11. The highest BCUT2D eigenvalue weighted by Gasteiger charge is 2.08. The summed E-state index contributed by atoms with van der Waals surface area (Å²) >= 11 is 0. The van der Waals surface area contributed by atoms with Crippen molar-refractivity contribution in [3.63, 3.8) is 0 Å². The van der Waals surface area contributed by atoms with Crippen LogP contribution in [0.25, 0.3) is 0 Å². The van der Waals surface area contributed by atoms with E-state index in [0.717, 1.165) is 25.6 Å². The number of nitrogens with zero attached hydrogens (tertiary/aromatic N) is 2. The third kappa shape index (κ3) is 9.45. The van der Waals surface area contributed by atoms with E-state index in [1.54, 1.807) is 0 Å². The second-order valence-electron chi connectivity index (χ2n) is 7.23. The molecule has 0 saturated heterocycles. The van der Waals surface area contributed by atoms with Gasteiger partial charge < -0.3 is 9.80 Å². The van der Waals surface area contributed by atoms with Crippen molar-refractivity contribution >= 4 is 5.69 Å². The first-order valence-electron chi connectivity index (χ1n) is 9.07. The summed E-state index contributed by atoms with van der Waals surface area (Å²) < 4.78 is 0. The Labute approximate surface area is 144 Å². The fourth-order valence-corrected chi connectivity index (χ4v) is 2.76. The van der Waals surface area contributed by atoms with Crippen LogP contribution in [0.5, 0.6) is 0 Å². The summed E-state index contributed by atoms with van der Waals surface area (Å²) in [6, 6.07) is 10.8. The van der Waals surface area contributed by atoms with E-state index in [1.807, 2.05) is 0 Å². The summed E-state index contributed by atoms with van der Waals surface area (Å²) in [4.78, 5) is 4.79. The Bertz CT molecular complexity index is 432. The fourth-order valence-electron chi connectivity index (χ4n) is 2.76. The summed E-state index contributed by atoms with van der Waals surface area (Å²) in [6.45, 7) is 10.1. The van der Waals surface area contributed by atoms with Gasteiger partial charge in [0, 0.05) is 25.3 Å². The molecule has 1 atom stereocenters. The zero-order valence-electron chi connectivity index (χ0n) is 15.9. The molecule has 2 nitrogen and oxygen atoms in total. The summed E-state index contributed by atoms with van der Waals surface area (Å²) in [5, 5.41) is 0. The third-order valence-corrected chi connectivity index (χ3v) is 4.28. The highest BCUT2D eigenvalue weighted by atomic mass is 15.2. The Morgan fingerprint density at radius 1 is 1.00 bits per heavy atom. The molecule has 0 fully saturated rings. The molecule has 0 bridgehead atoms. The van der Waals surface area contributed by atoms with Crippen molar-refractivity contribution < 1.29 is 0 Å². The summed E-state index contributed by atoms with van der Waals surface area (Å²) in [6.07, 6.45) is 7.50. The minimum atomic E-state index is 0.817. The van der Waals surface area contributed by atoms with Crippen molar-refractivity contribution in [3.05, 3.63) is 42.0 Å². The first-order valence-corrected chi connectivity index (χ1v) is 9.07. The molecule has 0 N–H and O–H groups in total. The Kier molecular flexibility index (Phi) is 9.70. The molecule has 0 aliphatic rings. The smallest absolute Gasteiger partial charge is 0.0366 e. The topological polar surface area (TPSA) is 6.48 Å². The lowest BCUT2D eigenvalue weighted by Gasteiger charge is -2.27. The zero-order chi connectivity index (χ0) is 17.1. The number of likely N-dealkylation sites (N-methyl/N-ethyl adjacent to an activating group) is 1. The predicted molar refractivity (Wildman–Crippen MR) is 104 cm³/mol. The van der Waals surface area contributed by atoms with E-state index in [1.165, 1.54) is 36.9 Å². The molecule has 1 rings (SSSR count). The van der Waals surface area contributed by atoms with Crippen molar-refractivity contribution in [2.75, 3.05) is 38.6 Å². The lowest BCUT2D eigenvalue weighted by Crippen LogP contribution is -2.32. The summed E-state index contributed by atoms with van der Waals surface area (Å²) in [5.41, 5.74) is 2.79. The van der Waals surface area contributed by atoms with Crippen molar-refractivity contribution in [1.29, 1.82) is 0 Å². The van der Waals surface area contributed by atoms with Crippen LogP contribution in [0.2, 0.25) is 0 Å². The van der Waals surface area contributed by atoms with Gasteiger partial charge >= 0.3 is 0 Å². The zero-order valence-corrected chi connectivity index (χ0v) is 15.9. The first-order chi connectivity index (χ1) is 11.0. The van der Waals surface area contributed by atoms with Gasteiger partial charge in [-0.05, 0) is 71.7 Å². The van der Waals surface area contributed by atoms with Crippen LogP contribution in [-0.2, 0) is 0 Å². The van der Waals surface area contributed by atoms with E-state index in [4.69, 9.17) is 0 Å². The minimum absolute atomic E-state index is 0.817.